The van der Waals surface area contributed by atoms with Gasteiger partial charge < -0.3 is 10.1 Å². The normalized spacial score (nSPS) is 18.4. The molecule has 1 amide bonds. The molecule has 1 unspecified atom stereocenters. The quantitative estimate of drug-likeness (QED) is 0.907. The minimum atomic E-state index is 0.00339. The van der Waals surface area contributed by atoms with Crippen LogP contribution in [0.5, 0.6) is 0 Å². The van der Waals surface area contributed by atoms with Gasteiger partial charge in [0.1, 0.15) is 0 Å². The highest BCUT2D eigenvalue weighted by Gasteiger charge is 2.17. The van der Waals surface area contributed by atoms with E-state index in [1.165, 1.54) is 0 Å². The number of aromatic amines is 1. The Labute approximate surface area is 123 Å². The summed E-state index contributed by atoms with van der Waals surface area (Å²) in [6, 6.07) is 9.62. The zero-order valence-corrected chi connectivity index (χ0v) is 11.8. The summed E-state index contributed by atoms with van der Waals surface area (Å²) in [5.74, 6) is 0.00339. The van der Waals surface area contributed by atoms with Crippen molar-refractivity contribution >= 4 is 11.6 Å². The van der Waals surface area contributed by atoms with E-state index in [9.17, 15) is 4.79 Å². The monoisotopic (exact) mass is 285 g/mol. The predicted molar refractivity (Wildman–Crippen MR) is 80.9 cm³/mol. The molecule has 2 heterocycles. The van der Waals surface area contributed by atoms with Crippen molar-refractivity contribution in [3.8, 4) is 11.3 Å². The second kappa shape index (κ2) is 6.54. The molecule has 0 aliphatic carbocycles. The highest BCUT2D eigenvalue weighted by Crippen LogP contribution is 2.21. The number of rotatable bonds is 4. The highest BCUT2D eigenvalue weighted by molar-refractivity contribution is 5.91. The van der Waals surface area contributed by atoms with E-state index in [1.807, 2.05) is 30.3 Å². The van der Waals surface area contributed by atoms with Crippen LogP contribution in [0.25, 0.3) is 11.3 Å². The number of aromatic nitrogens is 2. The Morgan fingerprint density at radius 2 is 2.33 bits per heavy atom. The Bertz CT molecular complexity index is 589. The molecule has 5 heteroatoms. The fourth-order valence-electron chi connectivity index (χ4n) is 2.57. The SMILES string of the molecule is O=C(CC1CCCCO1)Nc1cccc(-c2ccn[nH]2)c1. The molecule has 1 saturated heterocycles. The van der Waals surface area contributed by atoms with Gasteiger partial charge in [0.05, 0.1) is 18.2 Å². The number of carbonyl (C=O) groups is 1. The van der Waals surface area contributed by atoms with Crippen LogP contribution in [-0.4, -0.2) is 28.8 Å². The van der Waals surface area contributed by atoms with Crippen molar-refractivity contribution in [1.82, 2.24) is 10.2 Å². The third kappa shape index (κ3) is 3.70. The van der Waals surface area contributed by atoms with Crippen LogP contribution in [0.15, 0.2) is 36.5 Å². The Hall–Kier alpha value is -2.14. The molecule has 0 saturated carbocycles. The molecule has 3 rings (SSSR count). The molecular formula is C16H19N3O2. The molecule has 1 aromatic carbocycles. The molecule has 1 fully saturated rings. The van der Waals surface area contributed by atoms with Gasteiger partial charge in [0.25, 0.3) is 0 Å². The first kappa shape index (κ1) is 13.8. The molecule has 1 aliphatic heterocycles. The summed E-state index contributed by atoms with van der Waals surface area (Å²) >= 11 is 0. The van der Waals surface area contributed by atoms with Crippen LogP contribution < -0.4 is 5.32 Å². The molecule has 1 aromatic heterocycles. The predicted octanol–water partition coefficient (Wildman–Crippen LogP) is 2.97. The van der Waals surface area contributed by atoms with Gasteiger partial charge in [-0.15, -0.1) is 0 Å². The lowest BCUT2D eigenvalue weighted by atomic mass is 10.1. The number of carbonyl (C=O) groups excluding carboxylic acids is 1. The molecule has 2 aromatic rings. The van der Waals surface area contributed by atoms with Crippen LogP contribution in [0.1, 0.15) is 25.7 Å². The second-order valence-corrected chi connectivity index (χ2v) is 5.29. The van der Waals surface area contributed by atoms with Gasteiger partial charge in [-0.25, -0.2) is 0 Å². The molecule has 21 heavy (non-hydrogen) atoms. The number of H-pyrrole nitrogens is 1. The average molecular weight is 285 g/mol. The minimum absolute atomic E-state index is 0.00339. The number of anilines is 1. The Balaban J connectivity index is 1.62. The van der Waals surface area contributed by atoms with Crippen LogP contribution in [0.2, 0.25) is 0 Å². The maximum absolute atomic E-state index is 12.1. The average Bonchev–Trinajstić information content (AvgIpc) is 3.02. The van der Waals surface area contributed by atoms with Gasteiger partial charge in [0.15, 0.2) is 0 Å². The van der Waals surface area contributed by atoms with Crippen molar-refractivity contribution in [3.63, 3.8) is 0 Å². The van der Waals surface area contributed by atoms with Crippen molar-refractivity contribution in [2.24, 2.45) is 0 Å². The first-order chi connectivity index (χ1) is 10.3. The van der Waals surface area contributed by atoms with Crippen molar-refractivity contribution in [1.29, 1.82) is 0 Å². The lowest BCUT2D eigenvalue weighted by Gasteiger charge is -2.21. The lowest BCUT2D eigenvalue weighted by Crippen LogP contribution is -2.25. The van der Waals surface area contributed by atoms with E-state index in [0.717, 1.165) is 42.8 Å². The summed E-state index contributed by atoms with van der Waals surface area (Å²) in [6.45, 7) is 0.771. The van der Waals surface area contributed by atoms with E-state index >= 15 is 0 Å². The fourth-order valence-corrected chi connectivity index (χ4v) is 2.57. The van der Waals surface area contributed by atoms with Gasteiger partial charge in [-0.05, 0) is 37.5 Å². The topological polar surface area (TPSA) is 67.0 Å². The maximum Gasteiger partial charge on any atom is 0.226 e. The molecule has 110 valence electrons. The number of nitrogens with one attached hydrogen (secondary N) is 2. The zero-order chi connectivity index (χ0) is 14.5. The number of benzene rings is 1. The van der Waals surface area contributed by atoms with Gasteiger partial charge in [-0.2, -0.15) is 5.10 Å². The highest BCUT2D eigenvalue weighted by atomic mass is 16.5. The van der Waals surface area contributed by atoms with Gasteiger partial charge >= 0.3 is 0 Å². The molecule has 5 nitrogen and oxygen atoms in total. The van der Waals surface area contributed by atoms with Crippen molar-refractivity contribution in [2.75, 3.05) is 11.9 Å². The van der Waals surface area contributed by atoms with Crippen LogP contribution in [0.4, 0.5) is 5.69 Å². The van der Waals surface area contributed by atoms with E-state index in [0.29, 0.717) is 6.42 Å². The summed E-state index contributed by atoms with van der Waals surface area (Å²) in [5, 5.41) is 9.79. The molecule has 0 bridgehead atoms. The van der Waals surface area contributed by atoms with Gasteiger partial charge in [-0.3, -0.25) is 9.89 Å². The van der Waals surface area contributed by atoms with Crippen molar-refractivity contribution < 1.29 is 9.53 Å². The Morgan fingerprint density at radius 1 is 1.38 bits per heavy atom. The van der Waals surface area contributed by atoms with Crippen LogP contribution in [0.3, 0.4) is 0 Å². The molecule has 1 atom stereocenters. The van der Waals surface area contributed by atoms with Gasteiger partial charge in [0, 0.05) is 24.1 Å². The number of nitrogens with zero attached hydrogens (tertiary/aromatic N) is 1. The first-order valence-electron chi connectivity index (χ1n) is 7.32. The summed E-state index contributed by atoms with van der Waals surface area (Å²) in [4.78, 5) is 12.1. The maximum atomic E-state index is 12.1. The molecule has 0 radical (unpaired) electrons. The molecule has 0 spiro atoms. The third-order valence-electron chi connectivity index (χ3n) is 3.65. The van der Waals surface area contributed by atoms with Crippen LogP contribution in [0, 0.1) is 0 Å². The Morgan fingerprint density at radius 3 is 3.10 bits per heavy atom. The largest absolute Gasteiger partial charge is 0.378 e. The van der Waals surface area contributed by atoms with Crippen LogP contribution >= 0.6 is 0 Å². The van der Waals surface area contributed by atoms with E-state index < -0.39 is 0 Å². The van der Waals surface area contributed by atoms with Gasteiger partial charge in [-0.1, -0.05) is 12.1 Å². The third-order valence-corrected chi connectivity index (χ3v) is 3.65. The standard InChI is InChI=1S/C16H19N3O2/c20-16(11-14-6-1-2-9-21-14)18-13-5-3-4-12(10-13)15-7-8-17-19-15/h3-5,7-8,10,14H,1-2,6,9,11H2,(H,17,19)(H,18,20). The summed E-state index contributed by atoms with van der Waals surface area (Å²) in [5.41, 5.74) is 2.73. The lowest BCUT2D eigenvalue weighted by molar-refractivity contribution is -0.119. The van der Waals surface area contributed by atoms with Crippen LogP contribution in [-0.2, 0) is 9.53 Å². The van der Waals surface area contributed by atoms with Crippen molar-refractivity contribution in [2.45, 2.75) is 31.8 Å². The van der Waals surface area contributed by atoms with E-state index in [-0.39, 0.29) is 12.0 Å². The van der Waals surface area contributed by atoms with E-state index in [4.69, 9.17) is 4.74 Å². The summed E-state index contributed by atoms with van der Waals surface area (Å²) in [7, 11) is 0. The molecule has 1 aliphatic rings. The second-order valence-electron chi connectivity index (χ2n) is 5.29. The van der Waals surface area contributed by atoms with E-state index in [2.05, 4.69) is 15.5 Å². The number of amides is 1. The minimum Gasteiger partial charge on any atom is -0.378 e. The molecule has 2 N–H and O–H groups in total. The molecular weight excluding hydrogens is 266 g/mol. The summed E-state index contributed by atoms with van der Waals surface area (Å²) < 4.78 is 5.59. The summed E-state index contributed by atoms with van der Waals surface area (Å²) in [6.07, 6.45) is 5.42. The smallest absolute Gasteiger partial charge is 0.226 e. The van der Waals surface area contributed by atoms with Gasteiger partial charge in [0.2, 0.25) is 5.91 Å². The van der Waals surface area contributed by atoms with E-state index in [1.54, 1.807) is 6.20 Å². The van der Waals surface area contributed by atoms with Crippen molar-refractivity contribution in [3.05, 3.63) is 36.5 Å². The Kier molecular flexibility index (Phi) is 4.31. The number of hydrogen-bond donors (Lipinski definition) is 2. The fraction of sp³-hybridized carbons (Fsp3) is 0.375. The number of ether oxygens (including phenoxy) is 1. The first-order valence-corrected chi connectivity index (χ1v) is 7.32. The zero-order valence-electron chi connectivity index (χ0n) is 11.8. The number of hydrogen-bond acceptors (Lipinski definition) is 3.